The van der Waals surface area contributed by atoms with Crippen molar-refractivity contribution in [2.75, 3.05) is 6.54 Å². The number of aliphatic hydroxyl groups is 1. The molecule has 0 heterocycles. The Balaban J connectivity index is 2.20. The lowest BCUT2D eigenvalue weighted by atomic mass is 9.99. The van der Waals surface area contributed by atoms with Gasteiger partial charge < -0.3 is 10.4 Å². The predicted molar refractivity (Wildman–Crippen MR) is 51.1 cm³/mol. The third kappa shape index (κ3) is 2.95. The average Bonchev–Trinajstić information content (AvgIpc) is 2.09. The molecule has 0 saturated heterocycles. The van der Waals surface area contributed by atoms with Crippen LogP contribution in [0.5, 0.6) is 0 Å². The van der Waals surface area contributed by atoms with E-state index >= 15 is 0 Å². The molecule has 0 aliphatic heterocycles. The largest absolute Gasteiger partial charge is 0.391 e. The van der Waals surface area contributed by atoms with Crippen LogP contribution in [0.2, 0.25) is 0 Å². The van der Waals surface area contributed by atoms with Crippen LogP contribution in [0.3, 0.4) is 0 Å². The second kappa shape index (κ2) is 5.33. The minimum Gasteiger partial charge on any atom is -0.391 e. The summed E-state index contributed by atoms with van der Waals surface area (Å²) in [6, 6.07) is 0.199. The van der Waals surface area contributed by atoms with E-state index in [-0.39, 0.29) is 12.1 Å². The van der Waals surface area contributed by atoms with Crippen molar-refractivity contribution in [3.8, 4) is 0 Å². The molecule has 2 nitrogen and oxygen atoms in total. The summed E-state index contributed by atoms with van der Waals surface area (Å²) in [6.07, 6.45) is 8.39. The van der Waals surface area contributed by atoms with Gasteiger partial charge in [-0.25, -0.2) is 0 Å². The lowest BCUT2D eigenvalue weighted by Crippen LogP contribution is -2.40. The van der Waals surface area contributed by atoms with Gasteiger partial charge in [-0.1, -0.05) is 25.5 Å². The Morgan fingerprint density at radius 3 is 3.08 bits per heavy atom. The van der Waals surface area contributed by atoms with Crippen molar-refractivity contribution >= 4 is 0 Å². The Hall–Kier alpha value is -0.340. The number of nitrogens with one attached hydrogen (secondary N) is 1. The molecule has 2 atom stereocenters. The van der Waals surface area contributed by atoms with E-state index < -0.39 is 0 Å². The van der Waals surface area contributed by atoms with E-state index in [1.807, 2.05) is 0 Å². The molecule has 1 aliphatic carbocycles. The van der Waals surface area contributed by atoms with Crippen LogP contribution >= 0.6 is 0 Å². The monoisotopic (exact) mass is 169 g/mol. The zero-order chi connectivity index (χ0) is 8.81. The standard InChI is InChI=1S/C10H19NO/c1-2-3-8-11-9-6-4-5-7-10(9)12/h4,6,9-12H,2-3,5,7-8H2,1H3/t9-,10+/m1/s1. The van der Waals surface area contributed by atoms with Gasteiger partial charge in [0.2, 0.25) is 0 Å². The number of allylic oxidation sites excluding steroid dienone is 1. The summed E-state index contributed by atoms with van der Waals surface area (Å²) >= 11 is 0. The summed E-state index contributed by atoms with van der Waals surface area (Å²) in [5.74, 6) is 0. The van der Waals surface area contributed by atoms with Gasteiger partial charge in [0.25, 0.3) is 0 Å². The van der Waals surface area contributed by atoms with Gasteiger partial charge in [0, 0.05) is 0 Å². The van der Waals surface area contributed by atoms with E-state index in [9.17, 15) is 5.11 Å². The molecule has 0 spiro atoms. The number of hydrogen-bond acceptors (Lipinski definition) is 2. The van der Waals surface area contributed by atoms with Crippen molar-refractivity contribution in [2.24, 2.45) is 0 Å². The maximum Gasteiger partial charge on any atom is 0.0731 e. The minimum absolute atomic E-state index is 0.174. The highest BCUT2D eigenvalue weighted by atomic mass is 16.3. The van der Waals surface area contributed by atoms with Gasteiger partial charge in [-0.05, 0) is 25.8 Å². The van der Waals surface area contributed by atoms with Crippen molar-refractivity contribution < 1.29 is 5.11 Å². The first-order valence-electron chi connectivity index (χ1n) is 4.92. The summed E-state index contributed by atoms with van der Waals surface area (Å²) in [7, 11) is 0. The second-order valence-electron chi connectivity index (χ2n) is 3.41. The normalized spacial score (nSPS) is 29.2. The summed E-state index contributed by atoms with van der Waals surface area (Å²) in [5.41, 5.74) is 0. The van der Waals surface area contributed by atoms with E-state index in [0.29, 0.717) is 0 Å². The smallest absolute Gasteiger partial charge is 0.0731 e. The summed E-state index contributed by atoms with van der Waals surface area (Å²) in [6.45, 7) is 3.19. The number of rotatable bonds is 4. The van der Waals surface area contributed by atoms with Crippen molar-refractivity contribution in [3.05, 3.63) is 12.2 Å². The summed E-state index contributed by atoms with van der Waals surface area (Å²) in [4.78, 5) is 0. The molecule has 0 amide bonds. The topological polar surface area (TPSA) is 32.3 Å². The number of hydrogen-bond donors (Lipinski definition) is 2. The molecule has 0 aromatic heterocycles. The third-order valence-electron chi connectivity index (χ3n) is 2.30. The maximum absolute atomic E-state index is 9.55. The zero-order valence-electron chi connectivity index (χ0n) is 7.79. The fourth-order valence-electron chi connectivity index (χ4n) is 1.47. The van der Waals surface area contributed by atoms with Gasteiger partial charge in [0.05, 0.1) is 12.1 Å². The third-order valence-corrected chi connectivity index (χ3v) is 2.30. The minimum atomic E-state index is -0.174. The highest BCUT2D eigenvalue weighted by Crippen LogP contribution is 2.11. The SMILES string of the molecule is CCCCN[C@@H]1C=CCC[C@@H]1O. The van der Waals surface area contributed by atoms with Gasteiger partial charge in [0.15, 0.2) is 0 Å². The predicted octanol–water partition coefficient (Wildman–Crippen LogP) is 1.46. The lowest BCUT2D eigenvalue weighted by Gasteiger charge is -2.23. The van der Waals surface area contributed by atoms with Crippen LogP contribution in [0.1, 0.15) is 32.6 Å². The molecule has 0 radical (unpaired) electrons. The Bertz CT molecular complexity index is 145. The molecule has 0 unspecified atom stereocenters. The lowest BCUT2D eigenvalue weighted by molar-refractivity contribution is 0.132. The Morgan fingerprint density at radius 1 is 1.58 bits per heavy atom. The molecule has 0 aromatic carbocycles. The Kier molecular flexibility index (Phi) is 4.33. The highest BCUT2D eigenvalue weighted by Gasteiger charge is 2.17. The van der Waals surface area contributed by atoms with Crippen molar-refractivity contribution in [2.45, 2.75) is 44.8 Å². The van der Waals surface area contributed by atoms with Crippen molar-refractivity contribution in [1.82, 2.24) is 5.32 Å². The van der Waals surface area contributed by atoms with Gasteiger partial charge >= 0.3 is 0 Å². The number of aliphatic hydroxyl groups excluding tert-OH is 1. The maximum atomic E-state index is 9.55. The van der Waals surface area contributed by atoms with Crippen LogP contribution in [0.4, 0.5) is 0 Å². The molecule has 2 N–H and O–H groups in total. The molecule has 0 bridgehead atoms. The molecule has 0 aromatic rings. The van der Waals surface area contributed by atoms with Crippen LogP contribution in [-0.4, -0.2) is 23.8 Å². The summed E-state index contributed by atoms with van der Waals surface area (Å²) < 4.78 is 0. The molecule has 2 heteroatoms. The molecular formula is C10H19NO. The first-order chi connectivity index (χ1) is 5.84. The Morgan fingerprint density at radius 2 is 2.42 bits per heavy atom. The molecule has 1 rings (SSSR count). The van der Waals surface area contributed by atoms with Crippen LogP contribution in [0.25, 0.3) is 0 Å². The molecule has 0 saturated carbocycles. The molecule has 1 aliphatic rings. The van der Waals surface area contributed by atoms with E-state index in [1.54, 1.807) is 0 Å². The van der Waals surface area contributed by atoms with Crippen LogP contribution in [0, 0.1) is 0 Å². The van der Waals surface area contributed by atoms with Gasteiger partial charge in [-0.2, -0.15) is 0 Å². The number of unbranched alkanes of at least 4 members (excludes halogenated alkanes) is 1. The molecule has 12 heavy (non-hydrogen) atoms. The molecule has 70 valence electrons. The van der Waals surface area contributed by atoms with Crippen LogP contribution in [0.15, 0.2) is 12.2 Å². The van der Waals surface area contributed by atoms with Crippen molar-refractivity contribution in [3.63, 3.8) is 0 Å². The fraction of sp³-hybridized carbons (Fsp3) is 0.800. The van der Waals surface area contributed by atoms with Gasteiger partial charge in [-0.15, -0.1) is 0 Å². The first-order valence-corrected chi connectivity index (χ1v) is 4.92. The summed E-state index contributed by atoms with van der Waals surface area (Å²) in [5, 5.41) is 12.9. The van der Waals surface area contributed by atoms with E-state index in [0.717, 1.165) is 19.4 Å². The Labute approximate surface area is 74.7 Å². The first kappa shape index (κ1) is 9.75. The van der Waals surface area contributed by atoms with E-state index in [4.69, 9.17) is 0 Å². The average molecular weight is 169 g/mol. The van der Waals surface area contributed by atoms with Gasteiger partial charge in [-0.3, -0.25) is 0 Å². The zero-order valence-corrected chi connectivity index (χ0v) is 7.79. The molecular weight excluding hydrogens is 150 g/mol. The van der Waals surface area contributed by atoms with Gasteiger partial charge in [0.1, 0.15) is 0 Å². The quantitative estimate of drug-likeness (QED) is 0.493. The van der Waals surface area contributed by atoms with E-state index in [2.05, 4.69) is 24.4 Å². The fourth-order valence-corrected chi connectivity index (χ4v) is 1.47. The highest BCUT2D eigenvalue weighted by molar-refractivity contribution is 5.01. The van der Waals surface area contributed by atoms with Crippen molar-refractivity contribution in [1.29, 1.82) is 0 Å². The van der Waals surface area contributed by atoms with Crippen LogP contribution in [-0.2, 0) is 0 Å². The van der Waals surface area contributed by atoms with Crippen LogP contribution < -0.4 is 5.32 Å². The van der Waals surface area contributed by atoms with E-state index in [1.165, 1.54) is 12.8 Å². The second-order valence-corrected chi connectivity index (χ2v) is 3.41. The molecule has 0 fully saturated rings.